The minimum Gasteiger partial charge on any atom is -0.464 e. The van der Waals surface area contributed by atoms with Gasteiger partial charge in [0.15, 0.2) is 9.84 Å². The summed E-state index contributed by atoms with van der Waals surface area (Å²) >= 11 is 4.91. The number of carbonyl (C=O) groups excluding carboxylic acids is 2. The van der Waals surface area contributed by atoms with E-state index in [0.717, 1.165) is 45.1 Å². The van der Waals surface area contributed by atoms with Crippen molar-refractivity contribution in [2.24, 2.45) is 5.92 Å². The van der Waals surface area contributed by atoms with E-state index in [1.165, 1.54) is 11.3 Å². The number of sulfone groups is 1. The monoisotopic (exact) mass is 564 g/mol. The highest BCUT2D eigenvalue weighted by Crippen LogP contribution is 2.40. The van der Waals surface area contributed by atoms with Crippen LogP contribution in [0.2, 0.25) is 0 Å². The van der Waals surface area contributed by atoms with Crippen LogP contribution < -0.4 is 10.6 Å². The predicted octanol–water partition coefficient (Wildman–Crippen LogP) is 4.48. The van der Waals surface area contributed by atoms with E-state index in [1.54, 1.807) is 6.26 Å². The quantitative estimate of drug-likeness (QED) is 0.475. The molecule has 0 saturated carbocycles. The second-order valence-electron chi connectivity index (χ2n) is 9.26. The van der Waals surface area contributed by atoms with Crippen LogP contribution in [0.3, 0.4) is 0 Å². The van der Waals surface area contributed by atoms with Crippen LogP contribution in [-0.2, 0) is 33.9 Å². The molecule has 2 amide bonds. The second kappa shape index (κ2) is 9.13. The summed E-state index contributed by atoms with van der Waals surface area (Å²) < 4.78 is 30.2. The first-order valence-electron chi connectivity index (χ1n) is 11.3. The van der Waals surface area contributed by atoms with Crippen molar-refractivity contribution >= 4 is 64.9 Å². The van der Waals surface area contributed by atoms with Crippen molar-refractivity contribution in [1.29, 1.82) is 0 Å². The molecule has 0 spiro atoms. The Hall–Kier alpha value is -2.17. The highest BCUT2D eigenvalue weighted by molar-refractivity contribution is 9.10. The Morgan fingerprint density at radius 1 is 1.26 bits per heavy atom. The van der Waals surface area contributed by atoms with E-state index in [0.29, 0.717) is 28.5 Å². The summed E-state index contributed by atoms with van der Waals surface area (Å²) in [6.45, 7) is 2.19. The number of carbonyl (C=O) groups is 2. The van der Waals surface area contributed by atoms with Gasteiger partial charge in [-0.2, -0.15) is 0 Å². The van der Waals surface area contributed by atoms with Gasteiger partial charge in [0.25, 0.3) is 5.91 Å². The Bertz CT molecular complexity index is 1390. The van der Waals surface area contributed by atoms with E-state index < -0.39 is 15.9 Å². The Morgan fingerprint density at radius 3 is 2.85 bits per heavy atom. The number of furan rings is 1. The number of halogens is 1. The normalized spacial score (nSPS) is 21.4. The average Bonchev–Trinajstić information content (AvgIpc) is 3.42. The summed E-state index contributed by atoms with van der Waals surface area (Å²) in [4.78, 5) is 27.4. The number of amides is 2. The number of anilines is 1. The van der Waals surface area contributed by atoms with E-state index in [1.807, 2.05) is 18.2 Å². The van der Waals surface area contributed by atoms with Crippen LogP contribution in [0.25, 0.3) is 11.0 Å². The number of nitrogens with one attached hydrogen (secondary N) is 2. The molecule has 2 aliphatic rings. The molecule has 0 radical (unpaired) electrons. The zero-order valence-electron chi connectivity index (χ0n) is 18.6. The Labute approximate surface area is 210 Å². The maximum Gasteiger partial charge on any atom is 0.254 e. The van der Waals surface area contributed by atoms with Crippen LogP contribution in [0.5, 0.6) is 0 Å². The van der Waals surface area contributed by atoms with Crippen molar-refractivity contribution in [3.05, 3.63) is 50.5 Å². The lowest BCUT2D eigenvalue weighted by molar-refractivity contribution is -0.115. The van der Waals surface area contributed by atoms with Crippen molar-refractivity contribution in [2.75, 3.05) is 16.8 Å². The summed E-state index contributed by atoms with van der Waals surface area (Å²) in [5, 5.41) is 7.28. The van der Waals surface area contributed by atoms with E-state index in [-0.39, 0.29) is 29.7 Å². The van der Waals surface area contributed by atoms with Crippen molar-refractivity contribution in [1.82, 2.24) is 5.32 Å². The molecule has 1 saturated heterocycles. The predicted molar refractivity (Wildman–Crippen MR) is 136 cm³/mol. The molecular formula is C24H25BrN2O5S2. The molecule has 5 rings (SSSR count). The zero-order chi connectivity index (χ0) is 24.0. The molecule has 2 N–H and O–H groups in total. The van der Waals surface area contributed by atoms with Crippen molar-refractivity contribution < 1.29 is 22.4 Å². The highest BCUT2D eigenvalue weighted by atomic mass is 79.9. The van der Waals surface area contributed by atoms with Crippen LogP contribution in [0, 0.1) is 5.92 Å². The summed E-state index contributed by atoms with van der Waals surface area (Å²) in [7, 11) is -3.11. The molecule has 7 nitrogen and oxygen atoms in total. The SMILES string of the molecule is CC1CCc2c(sc(NC(=O)Cc3coc4ccc(Br)cc34)c2C(=O)NC2CCS(=O)(=O)C2)C1. The van der Waals surface area contributed by atoms with Gasteiger partial charge in [0.05, 0.1) is 29.8 Å². The first-order chi connectivity index (χ1) is 16.2. The molecule has 3 heterocycles. The van der Waals surface area contributed by atoms with Gasteiger partial charge >= 0.3 is 0 Å². The third-order valence-corrected chi connectivity index (χ3v) is 9.96. The first-order valence-corrected chi connectivity index (χ1v) is 14.7. The number of thiophene rings is 1. The fourth-order valence-corrected chi connectivity index (χ4v) is 8.24. The molecule has 1 aliphatic carbocycles. The fourth-order valence-electron chi connectivity index (χ4n) is 4.78. The molecule has 1 fully saturated rings. The Balaban J connectivity index is 1.39. The van der Waals surface area contributed by atoms with Crippen LogP contribution in [-0.4, -0.2) is 37.8 Å². The molecule has 10 heteroatoms. The standard InChI is InChI=1S/C24H25BrN2O5S2/c1-13-2-4-17-20(8-13)33-24(22(17)23(29)26-16-6-7-34(30,31)12-16)27-21(28)9-14-11-32-19-5-3-15(25)10-18(14)19/h3,5,10-11,13,16H,2,4,6-9,12H2,1H3,(H,26,29)(H,27,28). The van der Waals surface area contributed by atoms with E-state index in [4.69, 9.17) is 4.42 Å². The highest BCUT2D eigenvalue weighted by Gasteiger charge is 2.33. The Kier molecular flexibility index (Phi) is 6.32. The molecule has 2 unspecified atom stereocenters. The topological polar surface area (TPSA) is 105 Å². The lowest BCUT2D eigenvalue weighted by atomic mass is 9.88. The molecule has 1 aliphatic heterocycles. The molecule has 34 heavy (non-hydrogen) atoms. The summed E-state index contributed by atoms with van der Waals surface area (Å²) in [6, 6.07) is 5.25. The maximum absolute atomic E-state index is 13.3. The number of fused-ring (bicyclic) bond motifs is 2. The van der Waals surface area contributed by atoms with Gasteiger partial charge < -0.3 is 15.1 Å². The molecule has 180 valence electrons. The van der Waals surface area contributed by atoms with Crippen LogP contribution in [0.1, 0.15) is 46.1 Å². The summed E-state index contributed by atoms with van der Waals surface area (Å²) in [5.74, 6) is 0.0398. The van der Waals surface area contributed by atoms with E-state index in [2.05, 4.69) is 33.5 Å². The average molecular weight is 566 g/mol. The van der Waals surface area contributed by atoms with Crippen LogP contribution in [0.4, 0.5) is 5.00 Å². The van der Waals surface area contributed by atoms with Gasteiger partial charge in [0, 0.05) is 26.3 Å². The third kappa shape index (κ3) is 4.81. The second-order valence-corrected chi connectivity index (χ2v) is 13.5. The number of rotatable bonds is 5. The van der Waals surface area contributed by atoms with E-state index in [9.17, 15) is 18.0 Å². The third-order valence-electron chi connectivity index (χ3n) is 6.53. The number of hydrogen-bond acceptors (Lipinski definition) is 6. The molecule has 2 aromatic heterocycles. The number of benzene rings is 1. The summed E-state index contributed by atoms with van der Waals surface area (Å²) in [5.41, 5.74) is 2.95. The lowest BCUT2D eigenvalue weighted by Crippen LogP contribution is -2.36. The van der Waals surface area contributed by atoms with Crippen LogP contribution in [0.15, 0.2) is 33.4 Å². The van der Waals surface area contributed by atoms with Gasteiger partial charge in [-0.25, -0.2) is 8.42 Å². The largest absolute Gasteiger partial charge is 0.464 e. The number of hydrogen-bond donors (Lipinski definition) is 2. The molecule has 3 aromatic rings. The van der Waals surface area contributed by atoms with Crippen molar-refractivity contribution in [3.63, 3.8) is 0 Å². The van der Waals surface area contributed by atoms with E-state index >= 15 is 0 Å². The van der Waals surface area contributed by atoms with Gasteiger partial charge in [0.2, 0.25) is 5.91 Å². The summed E-state index contributed by atoms with van der Waals surface area (Å²) in [6.07, 6.45) is 4.74. The maximum atomic E-state index is 13.3. The van der Waals surface area contributed by atoms with Gasteiger partial charge in [-0.1, -0.05) is 22.9 Å². The molecule has 1 aromatic carbocycles. The van der Waals surface area contributed by atoms with Crippen molar-refractivity contribution in [2.45, 2.75) is 45.1 Å². The van der Waals surface area contributed by atoms with Gasteiger partial charge in [-0.05, 0) is 55.4 Å². The molecule has 2 atom stereocenters. The molecule has 0 bridgehead atoms. The Morgan fingerprint density at radius 2 is 2.09 bits per heavy atom. The smallest absolute Gasteiger partial charge is 0.254 e. The molecular weight excluding hydrogens is 540 g/mol. The van der Waals surface area contributed by atoms with Gasteiger partial charge in [-0.3, -0.25) is 9.59 Å². The zero-order valence-corrected chi connectivity index (χ0v) is 21.9. The lowest BCUT2D eigenvalue weighted by Gasteiger charge is -2.19. The van der Waals surface area contributed by atoms with Crippen LogP contribution >= 0.6 is 27.3 Å². The minimum atomic E-state index is -3.11. The van der Waals surface area contributed by atoms with Gasteiger partial charge in [-0.15, -0.1) is 11.3 Å². The first kappa shape index (κ1) is 23.6. The fraction of sp³-hybridized carbons (Fsp3) is 0.417. The van der Waals surface area contributed by atoms with Crippen molar-refractivity contribution in [3.8, 4) is 0 Å². The van der Waals surface area contributed by atoms with Gasteiger partial charge in [0.1, 0.15) is 10.6 Å². The minimum absolute atomic E-state index is 0.0348.